The van der Waals surface area contributed by atoms with Gasteiger partial charge in [-0.15, -0.1) is 0 Å². The molecule has 2 rings (SSSR count). The number of hydrogen-bond acceptors (Lipinski definition) is 2. The van der Waals surface area contributed by atoms with Crippen LogP contribution in [0.1, 0.15) is 64.7 Å². The van der Waals surface area contributed by atoms with Gasteiger partial charge in [0.15, 0.2) is 0 Å². The molecule has 0 aromatic carbocycles. The third kappa shape index (κ3) is 4.60. The van der Waals surface area contributed by atoms with Crippen molar-refractivity contribution >= 4 is 5.91 Å². The zero-order valence-corrected chi connectivity index (χ0v) is 11.7. The van der Waals surface area contributed by atoms with E-state index in [-0.39, 0.29) is 5.91 Å². The molecule has 0 saturated heterocycles. The average Bonchev–Trinajstić information content (AvgIpc) is 2.60. The minimum atomic E-state index is 0.196. The van der Waals surface area contributed by atoms with E-state index in [1.54, 1.807) is 0 Å². The van der Waals surface area contributed by atoms with E-state index >= 15 is 0 Å². The topological polar surface area (TPSA) is 41.1 Å². The molecule has 3 nitrogen and oxygen atoms in total. The Bertz CT molecular complexity index is 259. The lowest BCUT2D eigenvalue weighted by Crippen LogP contribution is -2.42. The highest BCUT2D eigenvalue weighted by atomic mass is 16.1. The molecule has 1 amide bonds. The number of carbonyl (C=O) groups is 1. The summed E-state index contributed by atoms with van der Waals surface area (Å²) in [7, 11) is 0. The molecule has 0 heterocycles. The third-order valence-electron chi connectivity index (χ3n) is 4.47. The lowest BCUT2D eigenvalue weighted by Gasteiger charge is -2.18. The van der Waals surface area contributed by atoms with Crippen molar-refractivity contribution in [3.05, 3.63) is 0 Å². The third-order valence-corrected chi connectivity index (χ3v) is 4.47. The first kappa shape index (κ1) is 13.9. The Kier molecular flexibility index (Phi) is 5.48. The number of nitrogens with one attached hydrogen (secondary N) is 2. The van der Waals surface area contributed by atoms with Gasteiger partial charge in [-0.3, -0.25) is 4.79 Å². The van der Waals surface area contributed by atoms with Crippen LogP contribution in [0.5, 0.6) is 0 Å². The van der Waals surface area contributed by atoms with Gasteiger partial charge in [0.1, 0.15) is 0 Å². The summed E-state index contributed by atoms with van der Waals surface area (Å²) in [6.45, 7) is 2.81. The highest BCUT2D eigenvalue weighted by Crippen LogP contribution is 2.24. The van der Waals surface area contributed by atoms with Crippen LogP contribution >= 0.6 is 0 Å². The fourth-order valence-corrected chi connectivity index (χ4v) is 3.33. The van der Waals surface area contributed by atoms with Gasteiger partial charge in [-0.1, -0.05) is 32.6 Å². The van der Waals surface area contributed by atoms with E-state index < -0.39 is 0 Å². The van der Waals surface area contributed by atoms with Crippen molar-refractivity contribution in [3.8, 4) is 0 Å². The monoisotopic (exact) mass is 252 g/mol. The minimum absolute atomic E-state index is 0.196. The van der Waals surface area contributed by atoms with Gasteiger partial charge in [-0.25, -0.2) is 0 Å². The van der Waals surface area contributed by atoms with Crippen LogP contribution in [0.25, 0.3) is 0 Å². The molecule has 2 saturated carbocycles. The molecule has 3 heteroatoms. The van der Waals surface area contributed by atoms with Crippen LogP contribution in [0.15, 0.2) is 0 Å². The summed E-state index contributed by atoms with van der Waals surface area (Å²) < 4.78 is 0. The molecule has 2 fully saturated rings. The van der Waals surface area contributed by atoms with E-state index in [9.17, 15) is 4.79 Å². The largest absolute Gasteiger partial charge is 0.352 e. The van der Waals surface area contributed by atoms with E-state index in [2.05, 4.69) is 17.6 Å². The number of hydrogen-bond donors (Lipinski definition) is 2. The van der Waals surface area contributed by atoms with Crippen molar-refractivity contribution in [2.24, 2.45) is 5.92 Å². The smallest absolute Gasteiger partial charge is 0.234 e. The summed E-state index contributed by atoms with van der Waals surface area (Å²) >= 11 is 0. The quantitative estimate of drug-likeness (QED) is 0.755. The molecule has 2 atom stereocenters. The lowest BCUT2D eigenvalue weighted by atomic mass is 10.1. The predicted molar refractivity (Wildman–Crippen MR) is 74.4 cm³/mol. The van der Waals surface area contributed by atoms with Crippen LogP contribution in [0, 0.1) is 5.92 Å². The standard InChI is InChI=1S/C15H28N2O/c1-12-8-9-14(10-12)16-11-15(18)17-13-6-4-2-3-5-7-13/h12-14,16H,2-11H2,1H3,(H,17,18). The van der Waals surface area contributed by atoms with E-state index in [1.807, 2.05) is 0 Å². The zero-order valence-electron chi connectivity index (χ0n) is 11.7. The van der Waals surface area contributed by atoms with Gasteiger partial charge in [0, 0.05) is 12.1 Å². The maximum absolute atomic E-state index is 11.9. The van der Waals surface area contributed by atoms with Gasteiger partial charge in [0.2, 0.25) is 5.91 Å². The Morgan fingerprint density at radius 1 is 1.00 bits per heavy atom. The Morgan fingerprint density at radius 2 is 1.72 bits per heavy atom. The van der Waals surface area contributed by atoms with Gasteiger partial charge in [0.25, 0.3) is 0 Å². The van der Waals surface area contributed by atoms with E-state index in [1.165, 1.54) is 57.8 Å². The normalized spacial score (nSPS) is 30.1. The van der Waals surface area contributed by atoms with E-state index in [0.29, 0.717) is 18.6 Å². The van der Waals surface area contributed by atoms with Crippen LogP contribution in [0.4, 0.5) is 0 Å². The van der Waals surface area contributed by atoms with Crippen molar-refractivity contribution < 1.29 is 4.79 Å². The van der Waals surface area contributed by atoms with Crippen molar-refractivity contribution in [1.29, 1.82) is 0 Å². The summed E-state index contributed by atoms with van der Waals surface area (Å²) in [4.78, 5) is 11.9. The molecule has 2 aliphatic carbocycles. The molecule has 2 N–H and O–H groups in total. The van der Waals surface area contributed by atoms with Crippen LogP contribution in [-0.4, -0.2) is 24.5 Å². The SMILES string of the molecule is CC1CCC(NCC(=O)NC2CCCCCC2)C1. The summed E-state index contributed by atoms with van der Waals surface area (Å²) in [5, 5.41) is 6.60. The molecular formula is C15H28N2O. The van der Waals surface area contributed by atoms with E-state index in [4.69, 9.17) is 0 Å². The van der Waals surface area contributed by atoms with Crippen LogP contribution in [0.2, 0.25) is 0 Å². The average molecular weight is 252 g/mol. The summed E-state index contributed by atoms with van der Waals surface area (Å²) in [6, 6.07) is 1.00. The van der Waals surface area contributed by atoms with Crippen LogP contribution < -0.4 is 10.6 Å². The van der Waals surface area contributed by atoms with Gasteiger partial charge >= 0.3 is 0 Å². The molecule has 2 unspecified atom stereocenters. The Balaban J connectivity index is 1.62. The molecular weight excluding hydrogens is 224 g/mol. The maximum atomic E-state index is 11.9. The second-order valence-electron chi connectivity index (χ2n) is 6.25. The number of rotatable bonds is 4. The van der Waals surface area contributed by atoms with E-state index in [0.717, 1.165) is 5.92 Å². The summed E-state index contributed by atoms with van der Waals surface area (Å²) in [5.41, 5.74) is 0. The van der Waals surface area contributed by atoms with Gasteiger partial charge in [-0.2, -0.15) is 0 Å². The molecule has 0 aromatic heterocycles. The Hall–Kier alpha value is -0.570. The zero-order chi connectivity index (χ0) is 12.8. The van der Waals surface area contributed by atoms with Gasteiger partial charge < -0.3 is 10.6 Å². The first-order valence-electron chi connectivity index (χ1n) is 7.77. The molecule has 18 heavy (non-hydrogen) atoms. The van der Waals surface area contributed by atoms with Crippen molar-refractivity contribution in [1.82, 2.24) is 10.6 Å². The molecule has 2 aliphatic rings. The molecule has 0 aromatic rings. The fourth-order valence-electron chi connectivity index (χ4n) is 3.33. The highest BCUT2D eigenvalue weighted by Gasteiger charge is 2.21. The molecule has 0 radical (unpaired) electrons. The van der Waals surface area contributed by atoms with Crippen molar-refractivity contribution in [2.45, 2.75) is 76.8 Å². The maximum Gasteiger partial charge on any atom is 0.234 e. The second kappa shape index (κ2) is 7.13. The van der Waals surface area contributed by atoms with Crippen LogP contribution in [0.3, 0.4) is 0 Å². The fraction of sp³-hybridized carbons (Fsp3) is 0.933. The summed E-state index contributed by atoms with van der Waals surface area (Å²) in [5.74, 6) is 1.02. The highest BCUT2D eigenvalue weighted by molar-refractivity contribution is 5.78. The molecule has 104 valence electrons. The predicted octanol–water partition coefficient (Wildman–Crippen LogP) is 2.60. The lowest BCUT2D eigenvalue weighted by molar-refractivity contribution is -0.121. The van der Waals surface area contributed by atoms with Crippen LogP contribution in [-0.2, 0) is 4.79 Å². The Morgan fingerprint density at radius 3 is 2.33 bits per heavy atom. The van der Waals surface area contributed by atoms with Gasteiger partial charge in [-0.05, 0) is 38.0 Å². The first-order chi connectivity index (χ1) is 8.74. The minimum Gasteiger partial charge on any atom is -0.352 e. The van der Waals surface area contributed by atoms with Gasteiger partial charge in [0.05, 0.1) is 6.54 Å². The molecule has 0 spiro atoms. The van der Waals surface area contributed by atoms with Crippen molar-refractivity contribution in [3.63, 3.8) is 0 Å². The molecule has 0 bridgehead atoms. The summed E-state index contributed by atoms with van der Waals surface area (Å²) in [6.07, 6.45) is 11.3. The first-order valence-corrected chi connectivity index (χ1v) is 7.77. The number of amides is 1. The number of carbonyl (C=O) groups excluding carboxylic acids is 1. The van der Waals surface area contributed by atoms with Crippen molar-refractivity contribution in [2.75, 3.05) is 6.54 Å². The Labute approximate surface area is 111 Å². The second-order valence-corrected chi connectivity index (χ2v) is 6.25. The molecule has 0 aliphatic heterocycles.